The van der Waals surface area contributed by atoms with Gasteiger partial charge in [0.05, 0.1) is 23.4 Å². The van der Waals surface area contributed by atoms with Crippen LogP contribution in [0.5, 0.6) is 5.75 Å². The van der Waals surface area contributed by atoms with Crippen LogP contribution in [0.3, 0.4) is 0 Å². The Balaban J connectivity index is 1.59. The van der Waals surface area contributed by atoms with E-state index in [0.717, 1.165) is 4.90 Å². The molecule has 1 N–H and O–H groups in total. The fraction of sp³-hybridized carbons (Fsp3) is 0.412. The van der Waals surface area contributed by atoms with Crippen molar-refractivity contribution < 1.29 is 19.4 Å². The van der Waals surface area contributed by atoms with Crippen molar-refractivity contribution in [1.82, 2.24) is 4.90 Å². The number of aliphatic hydroxyl groups is 1. The smallest absolute Gasteiger partial charge is 0.233 e. The standard InChI is InChI=1S/C17H17Cl2NO4/c18-10-5-6-14(19)15(7-10)24-9-11(21)8-20-16(22)12-3-1-2-4-13(12)17(20)23/h1-2,5-7,11-13,21H,3-4,8-9H2. The van der Waals surface area contributed by atoms with Crippen molar-refractivity contribution in [3.8, 4) is 5.75 Å². The number of hydrogen-bond donors (Lipinski definition) is 1. The molecule has 2 amide bonds. The Kier molecular flexibility index (Phi) is 5.13. The molecule has 24 heavy (non-hydrogen) atoms. The molecule has 1 aromatic carbocycles. The molecule has 0 spiro atoms. The third-order valence-electron chi connectivity index (χ3n) is 4.32. The van der Waals surface area contributed by atoms with Crippen LogP contribution in [0.25, 0.3) is 0 Å². The van der Waals surface area contributed by atoms with E-state index >= 15 is 0 Å². The number of aliphatic hydroxyl groups excluding tert-OH is 1. The minimum absolute atomic E-state index is 0.0805. The number of imide groups is 1. The number of benzene rings is 1. The van der Waals surface area contributed by atoms with Crippen LogP contribution in [0.2, 0.25) is 10.0 Å². The highest BCUT2D eigenvalue weighted by Crippen LogP contribution is 2.35. The van der Waals surface area contributed by atoms with Crippen LogP contribution < -0.4 is 4.74 Å². The number of likely N-dealkylation sites (tertiary alicyclic amines) is 1. The van der Waals surface area contributed by atoms with Crippen LogP contribution in [0.4, 0.5) is 0 Å². The quantitative estimate of drug-likeness (QED) is 0.639. The largest absolute Gasteiger partial charge is 0.489 e. The van der Waals surface area contributed by atoms with Gasteiger partial charge in [-0.25, -0.2) is 0 Å². The zero-order valence-corrected chi connectivity index (χ0v) is 14.3. The zero-order chi connectivity index (χ0) is 17.3. The molecule has 2 aliphatic rings. The number of hydrogen-bond acceptors (Lipinski definition) is 4. The van der Waals surface area contributed by atoms with Gasteiger partial charge < -0.3 is 9.84 Å². The molecule has 7 heteroatoms. The van der Waals surface area contributed by atoms with Gasteiger partial charge in [-0.15, -0.1) is 0 Å². The number of amides is 2. The molecule has 1 aliphatic heterocycles. The van der Waals surface area contributed by atoms with Gasteiger partial charge >= 0.3 is 0 Å². The number of ether oxygens (including phenoxy) is 1. The summed E-state index contributed by atoms with van der Waals surface area (Å²) in [7, 11) is 0. The fourth-order valence-electron chi connectivity index (χ4n) is 3.09. The molecular formula is C17H17Cl2NO4. The summed E-state index contributed by atoms with van der Waals surface area (Å²) in [6.45, 7) is -0.173. The van der Waals surface area contributed by atoms with E-state index in [9.17, 15) is 14.7 Å². The molecule has 128 valence electrons. The van der Waals surface area contributed by atoms with Crippen LogP contribution in [-0.4, -0.2) is 41.1 Å². The Hall–Kier alpha value is -1.56. The predicted molar refractivity (Wildman–Crippen MR) is 90.0 cm³/mol. The number of carbonyl (C=O) groups is 2. The van der Waals surface area contributed by atoms with Crippen LogP contribution in [0.1, 0.15) is 12.8 Å². The number of nitrogens with zero attached hydrogens (tertiary/aromatic N) is 1. The minimum atomic E-state index is -0.999. The third kappa shape index (κ3) is 3.43. The van der Waals surface area contributed by atoms with Crippen LogP contribution in [0, 0.1) is 11.8 Å². The Morgan fingerprint density at radius 1 is 1.17 bits per heavy atom. The maximum atomic E-state index is 12.3. The SMILES string of the molecule is O=C1C2CC=CCC2C(=O)N1CC(O)COc1cc(Cl)ccc1Cl. The van der Waals surface area contributed by atoms with E-state index in [0.29, 0.717) is 28.6 Å². The lowest BCUT2D eigenvalue weighted by Gasteiger charge is -2.19. The summed E-state index contributed by atoms with van der Waals surface area (Å²) >= 11 is 11.9. The first-order chi connectivity index (χ1) is 11.5. The van der Waals surface area contributed by atoms with E-state index in [-0.39, 0.29) is 36.8 Å². The molecule has 0 radical (unpaired) electrons. The molecule has 0 saturated carbocycles. The molecule has 1 heterocycles. The van der Waals surface area contributed by atoms with Crippen molar-refractivity contribution in [3.63, 3.8) is 0 Å². The first-order valence-corrected chi connectivity index (χ1v) is 8.49. The Bertz CT molecular complexity index is 665. The van der Waals surface area contributed by atoms with E-state index < -0.39 is 6.10 Å². The molecule has 3 rings (SSSR count). The van der Waals surface area contributed by atoms with Gasteiger partial charge in [-0.1, -0.05) is 35.4 Å². The normalized spacial score (nSPS) is 24.2. The summed E-state index contributed by atoms with van der Waals surface area (Å²) < 4.78 is 5.45. The fourth-order valence-corrected chi connectivity index (χ4v) is 3.42. The molecule has 5 nitrogen and oxygen atoms in total. The number of fused-ring (bicyclic) bond motifs is 1. The van der Waals surface area contributed by atoms with E-state index in [1.807, 2.05) is 12.2 Å². The highest BCUT2D eigenvalue weighted by atomic mass is 35.5. The topological polar surface area (TPSA) is 66.8 Å². The van der Waals surface area contributed by atoms with Gasteiger partial charge in [0.15, 0.2) is 0 Å². The lowest BCUT2D eigenvalue weighted by molar-refractivity contribution is -0.141. The molecule has 3 unspecified atom stereocenters. The Morgan fingerprint density at radius 3 is 2.42 bits per heavy atom. The van der Waals surface area contributed by atoms with Crippen molar-refractivity contribution in [3.05, 3.63) is 40.4 Å². The van der Waals surface area contributed by atoms with E-state index in [4.69, 9.17) is 27.9 Å². The van der Waals surface area contributed by atoms with Crippen molar-refractivity contribution in [2.24, 2.45) is 11.8 Å². The molecule has 1 fully saturated rings. The number of rotatable bonds is 5. The van der Waals surface area contributed by atoms with Crippen LogP contribution >= 0.6 is 23.2 Å². The van der Waals surface area contributed by atoms with Gasteiger partial charge in [-0.3, -0.25) is 14.5 Å². The second-order valence-electron chi connectivity index (χ2n) is 5.98. The Labute approximate surface area is 149 Å². The van der Waals surface area contributed by atoms with Crippen molar-refractivity contribution in [2.75, 3.05) is 13.2 Å². The number of allylic oxidation sites excluding steroid dienone is 2. The van der Waals surface area contributed by atoms with Gasteiger partial charge in [-0.2, -0.15) is 0 Å². The molecular weight excluding hydrogens is 353 g/mol. The summed E-state index contributed by atoms with van der Waals surface area (Å²) in [5.74, 6) is -0.667. The number of β-amino-alcohol motifs (C(OH)–C–C–N with tert-alkyl or cyclic N) is 1. The second kappa shape index (κ2) is 7.13. The summed E-state index contributed by atoms with van der Waals surface area (Å²) in [6, 6.07) is 4.77. The van der Waals surface area contributed by atoms with Crippen LogP contribution in [0.15, 0.2) is 30.4 Å². The molecule has 1 saturated heterocycles. The minimum Gasteiger partial charge on any atom is -0.489 e. The van der Waals surface area contributed by atoms with E-state index in [1.165, 1.54) is 0 Å². The summed E-state index contributed by atoms with van der Waals surface area (Å²) in [4.78, 5) is 25.8. The van der Waals surface area contributed by atoms with Gasteiger partial charge in [0.2, 0.25) is 11.8 Å². The van der Waals surface area contributed by atoms with Gasteiger partial charge in [0.25, 0.3) is 0 Å². The highest BCUT2D eigenvalue weighted by molar-refractivity contribution is 6.34. The molecule has 0 bridgehead atoms. The first kappa shape index (κ1) is 17.3. The maximum absolute atomic E-state index is 12.3. The lowest BCUT2D eigenvalue weighted by atomic mass is 9.85. The van der Waals surface area contributed by atoms with Gasteiger partial charge in [0.1, 0.15) is 18.5 Å². The average Bonchev–Trinajstić information content (AvgIpc) is 2.81. The maximum Gasteiger partial charge on any atom is 0.233 e. The lowest BCUT2D eigenvalue weighted by Crippen LogP contribution is -2.40. The highest BCUT2D eigenvalue weighted by Gasteiger charge is 2.47. The second-order valence-corrected chi connectivity index (χ2v) is 6.83. The summed E-state index contributed by atoms with van der Waals surface area (Å²) in [5.41, 5.74) is 0. The van der Waals surface area contributed by atoms with Gasteiger partial charge in [-0.05, 0) is 25.0 Å². The average molecular weight is 370 g/mol. The van der Waals surface area contributed by atoms with Gasteiger partial charge in [0, 0.05) is 11.1 Å². The molecule has 1 aromatic rings. The molecule has 0 aromatic heterocycles. The molecule has 3 atom stereocenters. The first-order valence-electron chi connectivity index (χ1n) is 7.73. The Morgan fingerprint density at radius 2 is 1.79 bits per heavy atom. The molecule has 1 aliphatic carbocycles. The van der Waals surface area contributed by atoms with Crippen molar-refractivity contribution in [2.45, 2.75) is 18.9 Å². The summed E-state index contributed by atoms with van der Waals surface area (Å²) in [6.07, 6.45) is 4.01. The number of halogens is 2. The summed E-state index contributed by atoms with van der Waals surface area (Å²) in [5, 5.41) is 11.0. The van der Waals surface area contributed by atoms with Crippen LogP contribution in [-0.2, 0) is 9.59 Å². The zero-order valence-electron chi connectivity index (χ0n) is 12.8. The van der Waals surface area contributed by atoms with Crippen molar-refractivity contribution >= 4 is 35.0 Å². The predicted octanol–water partition coefficient (Wildman–Crippen LogP) is 2.68. The van der Waals surface area contributed by atoms with E-state index in [1.54, 1.807) is 18.2 Å². The monoisotopic (exact) mass is 369 g/mol. The number of carbonyl (C=O) groups excluding carboxylic acids is 2. The van der Waals surface area contributed by atoms with E-state index in [2.05, 4.69) is 0 Å². The van der Waals surface area contributed by atoms with Crippen molar-refractivity contribution in [1.29, 1.82) is 0 Å². The third-order valence-corrected chi connectivity index (χ3v) is 4.86.